The second-order valence-corrected chi connectivity index (χ2v) is 3.42. The Kier molecular flexibility index (Phi) is 5.42. The molecule has 1 aromatic rings. The summed E-state index contributed by atoms with van der Waals surface area (Å²) in [6.45, 7) is 2.13. The van der Waals surface area contributed by atoms with E-state index < -0.39 is 5.97 Å². The van der Waals surface area contributed by atoms with Crippen LogP contribution in [0, 0.1) is 0 Å². The number of ether oxygens (including phenoxy) is 2. The van der Waals surface area contributed by atoms with Gasteiger partial charge in [0, 0.05) is 18.4 Å². The minimum absolute atomic E-state index is 0.0632. The number of hydrogen-bond acceptors (Lipinski definition) is 5. The first kappa shape index (κ1) is 13.4. The lowest BCUT2D eigenvalue weighted by atomic mass is 10.0. The first-order chi connectivity index (χ1) is 8.24. The van der Waals surface area contributed by atoms with Gasteiger partial charge in [-0.3, -0.25) is 4.98 Å². The van der Waals surface area contributed by atoms with Gasteiger partial charge in [-0.05, 0) is 19.8 Å². The van der Waals surface area contributed by atoms with Crippen LogP contribution in [0.2, 0.25) is 0 Å². The number of hydrogen-bond donors (Lipinski definition) is 1. The molecule has 5 heteroatoms. The van der Waals surface area contributed by atoms with Gasteiger partial charge in [0.2, 0.25) is 0 Å². The Labute approximate surface area is 100 Å². The lowest BCUT2D eigenvalue weighted by molar-refractivity contribution is 0.0524. The number of pyridine rings is 1. The number of aromatic nitrogens is 1. The van der Waals surface area contributed by atoms with E-state index in [9.17, 15) is 4.79 Å². The van der Waals surface area contributed by atoms with Crippen LogP contribution in [0.5, 0.6) is 5.75 Å². The molecule has 94 valence electrons. The minimum Gasteiger partial charge on any atom is -0.495 e. The summed E-state index contributed by atoms with van der Waals surface area (Å²) < 4.78 is 10.1. The summed E-state index contributed by atoms with van der Waals surface area (Å²) in [5.41, 5.74) is 1.13. The molecule has 0 spiro atoms. The molecule has 0 amide bonds. The standard InChI is InChI=1S/C12H17NO4/c1-3-17-12(15)10-7-13-8-11(16-2)9(10)5-4-6-14/h7-8,14H,3-6H2,1-2H3. The summed E-state index contributed by atoms with van der Waals surface area (Å²) in [4.78, 5) is 15.7. The molecule has 1 rings (SSSR count). The van der Waals surface area contributed by atoms with E-state index in [-0.39, 0.29) is 6.61 Å². The van der Waals surface area contributed by atoms with Gasteiger partial charge in [0.25, 0.3) is 0 Å². The Balaban J connectivity index is 3.05. The van der Waals surface area contributed by atoms with Crippen molar-refractivity contribution in [3.63, 3.8) is 0 Å². The molecular weight excluding hydrogens is 222 g/mol. The van der Waals surface area contributed by atoms with Crippen LogP contribution >= 0.6 is 0 Å². The van der Waals surface area contributed by atoms with Gasteiger partial charge in [0.15, 0.2) is 0 Å². The van der Waals surface area contributed by atoms with Crippen molar-refractivity contribution in [3.05, 3.63) is 23.5 Å². The zero-order chi connectivity index (χ0) is 12.7. The smallest absolute Gasteiger partial charge is 0.340 e. The van der Waals surface area contributed by atoms with Crippen LogP contribution in [0.25, 0.3) is 0 Å². The third-order valence-electron chi connectivity index (χ3n) is 2.32. The third kappa shape index (κ3) is 3.42. The van der Waals surface area contributed by atoms with Crippen LogP contribution in [0.3, 0.4) is 0 Å². The molecule has 1 N–H and O–H groups in total. The molecule has 0 unspecified atom stereocenters. The van der Waals surface area contributed by atoms with Crippen molar-refractivity contribution in [2.45, 2.75) is 19.8 Å². The monoisotopic (exact) mass is 239 g/mol. The van der Waals surface area contributed by atoms with Gasteiger partial charge in [-0.25, -0.2) is 4.79 Å². The van der Waals surface area contributed by atoms with Crippen molar-refractivity contribution in [3.8, 4) is 5.75 Å². The zero-order valence-corrected chi connectivity index (χ0v) is 10.1. The Morgan fingerprint density at radius 2 is 2.24 bits per heavy atom. The highest BCUT2D eigenvalue weighted by molar-refractivity contribution is 5.91. The highest BCUT2D eigenvalue weighted by Gasteiger charge is 2.16. The van der Waals surface area contributed by atoms with Crippen molar-refractivity contribution in [1.29, 1.82) is 0 Å². The number of aliphatic hydroxyl groups excluding tert-OH is 1. The molecule has 0 radical (unpaired) electrons. The summed E-state index contributed by atoms with van der Waals surface area (Å²) in [5, 5.41) is 8.85. The molecule has 0 aliphatic rings. The summed E-state index contributed by atoms with van der Waals surface area (Å²) in [5.74, 6) is 0.135. The Hall–Kier alpha value is -1.62. The number of rotatable bonds is 6. The fraction of sp³-hybridized carbons (Fsp3) is 0.500. The average Bonchev–Trinajstić information content (AvgIpc) is 2.36. The van der Waals surface area contributed by atoms with E-state index >= 15 is 0 Å². The fourth-order valence-electron chi connectivity index (χ4n) is 1.54. The van der Waals surface area contributed by atoms with Crippen LogP contribution in [0.4, 0.5) is 0 Å². The van der Waals surface area contributed by atoms with Crippen molar-refractivity contribution in [1.82, 2.24) is 4.98 Å². The molecule has 17 heavy (non-hydrogen) atoms. The number of aliphatic hydroxyl groups is 1. The first-order valence-electron chi connectivity index (χ1n) is 5.53. The maximum absolute atomic E-state index is 11.7. The maximum atomic E-state index is 11.7. The van der Waals surface area contributed by atoms with Crippen molar-refractivity contribution >= 4 is 5.97 Å². The van der Waals surface area contributed by atoms with Crippen LogP contribution in [-0.4, -0.2) is 36.4 Å². The van der Waals surface area contributed by atoms with E-state index in [1.807, 2.05) is 0 Å². The predicted molar refractivity (Wildman–Crippen MR) is 62.2 cm³/mol. The van der Waals surface area contributed by atoms with Crippen LogP contribution in [0.15, 0.2) is 12.4 Å². The van der Waals surface area contributed by atoms with E-state index in [2.05, 4.69) is 4.98 Å². The Bertz CT molecular complexity index is 379. The molecular formula is C12H17NO4. The van der Waals surface area contributed by atoms with Gasteiger partial charge < -0.3 is 14.6 Å². The molecule has 0 aliphatic carbocycles. The number of nitrogens with zero attached hydrogens (tertiary/aromatic N) is 1. The van der Waals surface area contributed by atoms with E-state index in [1.54, 1.807) is 13.1 Å². The largest absolute Gasteiger partial charge is 0.495 e. The maximum Gasteiger partial charge on any atom is 0.340 e. The summed E-state index contributed by atoms with van der Waals surface area (Å²) in [6, 6.07) is 0. The van der Waals surface area contributed by atoms with Gasteiger partial charge >= 0.3 is 5.97 Å². The quantitative estimate of drug-likeness (QED) is 0.755. The second kappa shape index (κ2) is 6.85. The van der Waals surface area contributed by atoms with Crippen LogP contribution in [-0.2, 0) is 11.2 Å². The summed E-state index contributed by atoms with van der Waals surface area (Å²) >= 11 is 0. The highest BCUT2D eigenvalue weighted by atomic mass is 16.5. The molecule has 5 nitrogen and oxygen atoms in total. The van der Waals surface area contributed by atoms with Gasteiger partial charge in [0.1, 0.15) is 5.75 Å². The van der Waals surface area contributed by atoms with E-state index in [0.717, 1.165) is 5.56 Å². The predicted octanol–water partition coefficient (Wildman–Crippen LogP) is 1.19. The molecule has 0 bridgehead atoms. The van der Waals surface area contributed by atoms with Crippen LogP contribution < -0.4 is 4.74 Å². The number of carbonyl (C=O) groups excluding carboxylic acids is 1. The average molecular weight is 239 g/mol. The fourth-order valence-corrected chi connectivity index (χ4v) is 1.54. The van der Waals surface area contributed by atoms with Crippen LogP contribution in [0.1, 0.15) is 29.3 Å². The normalized spacial score (nSPS) is 10.1. The topological polar surface area (TPSA) is 68.7 Å². The third-order valence-corrected chi connectivity index (χ3v) is 2.32. The van der Waals surface area contributed by atoms with E-state index in [1.165, 1.54) is 13.3 Å². The molecule has 0 fully saturated rings. The number of methoxy groups -OCH3 is 1. The Morgan fingerprint density at radius 1 is 1.47 bits per heavy atom. The zero-order valence-electron chi connectivity index (χ0n) is 10.1. The molecule has 0 atom stereocenters. The summed E-state index contributed by atoms with van der Waals surface area (Å²) in [6.07, 6.45) is 4.13. The molecule has 0 aromatic carbocycles. The Morgan fingerprint density at radius 3 is 2.82 bits per heavy atom. The lowest BCUT2D eigenvalue weighted by Gasteiger charge is -2.11. The SMILES string of the molecule is CCOC(=O)c1cncc(OC)c1CCCO. The van der Waals surface area contributed by atoms with Gasteiger partial charge in [-0.1, -0.05) is 0 Å². The molecule has 0 saturated heterocycles. The van der Waals surface area contributed by atoms with Crippen molar-refractivity contribution in [2.75, 3.05) is 20.3 Å². The molecule has 1 heterocycles. The lowest BCUT2D eigenvalue weighted by Crippen LogP contribution is -2.10. The molecule has 0 saturated carbocycles. The van der Waals surface area contributed by atoms with Gasteiger partial charge in [0.05, 0.1) is 25.5 Å². The van der Waals surface area contributed by atoms with E-state index in [0.29, 0.717) is 30.8 Å². The molecule has 0 aliphatic heterocycles. The van der Waals surface area contributed by atoms with Gasteiger partial charge in [-0.15, -0.1) is 0 Å². The number of esters is 1. The van der Waals surface area contributed by atoms with Crippen molar-refractivity contribution < 1.29 is 19.4 Å². The summed E-state index contributed by atoms with van der Waals surface area (Å²) in [7, 11) is 1.52. The molecule has 1 aromatic heterocycles. The minimum atomic E-state index is -0.410. The van der Waals surface area contributed by atoms with E-state index in [4.69, 9.17) is 14.6 Å². The number of carbonyl (C=O) groups is 1. The first-order valence-corrected chi connectivity index (χ1v) is 5.53. The van der Waals surface area contributed by atoms with Crippen molar-refractivity contribution in [2.24, 2.45) is 0 Å². The van der Waals surface area contributed by atoms with Gasteiger partial charge in [-0.2, -0.15) is 0 Å². The highest BCUT2D eigenvalue weighted by Crippen LogP contribution is 2.23. The second-order valence-electron chi connectivity index (χ2n) is 3.42.